The Bertz CT molecular complexity index is 715. The van der Waals surface area contributed by atoms with E-state index in [4.69, 9.17) is 10.5 Å². The second-order valence-corrected chi connectivity index (χ2v) is 6.41. The van der Waals surface area contributed by atoms with Gasteiger partial charge in [0.25, 0.3) is 5.91 Å². The summed E-state index contributed by atoms with van der Waals surface area (Å²) in [5.74, 6) is 1.39. The summed E-state index contributed by atoms with van der Waals surface area (Å²) in [4.78, 5) is 14.8. The van der Waals surface area contributed by atoms with Gasteiger partial charge in [0, 0.05) is 24.6 Å². The molecule has 126 valence electrons. The molecule has 4 nitrogen and oxygen atoms in total. The summed E-state index contributed by atoms with van der Waals surface area (Å²) in [6.07, 6.45) is 0. The summed E-state index contributed by atoms with van der Waals surface area (Å²) < 4.78 is 5.34. The van der Waals surface area contributed by atoms with Gasteiger partial charge in [-0.3, -0.25) is 4.79 Å². The monoisotopic (exact) mass is 324 g/mol. The van der Waals surface area contributed by atoms with Gasteiger partial charge in [-0.25, -0.2) is 0 Å². The van der Waals surface area contributed by atoms with E-state index in [0.717, 1.165) is 11.3 Å². The number of carbonyl (C=O) groups is 1. The van der Waals surface area contributed by atoms with Gasteiger partial charge in [0.05, 0.1) is 7.11 Å². The molecular formula is C20H24N2O2. The van der Waals surface area contributed by atoms with E-state index in [1.807, 2.05) is 48.2 Å². The van der Waals surface area contributed by atoms with Crippen LogP contribution in [0, 0.1) is 12.8 Å². The number of benzene rings is 2. The van der Waals surface area contributed by atoms with E-state index in [1.54, 1.807) is 7.11 Å². The normalized spacial score (nSPS) is 20.2. The van der Waals surface area contributed by atoms with Crippen molar-refractivity contribution < 1.29 is 9.53 Å². The maximum atomic E-state index is 12.9. The third-order valence-corrected chi connectivity index (χ3v) is 4.91. The third-order valence-electron chi connectivity index (χ3n) is 4.91. The predicted octanol–water partition coefficient (Wildman–Crippen LogP) is 2.82. The van der Waals surface area contributed by atoms with Crippen LogP contribution in [0.25, 0.3) is 0 Å². The van der Waals surface area contributed by atoms with Gasteiger partial charge in [0.15, 0.2) is 0 Å². The number of nitrogens with two attached hydrogens (primary N) is 1. The molecule has 1 aliphatic heterocycles. The number of rotatable bonds is 4. The van der Waals surface area contributed by atoms with Crippen molar-refractivity contribution in [2.45, 2.75) is 12.8 Å². The molecule has 1 heterocycles. The van der Waals surface area contributed by atoms with Gasteiger partial charge in [-0.15, -0.1) is 0 Å². The number of methoxy groups -OCH3 is 1. The zero-order valence-electron chi connectivity index (χ0n) is 14.2. The van der Waals surface area contributed by atoms with E-state index in [1.165, 1.54) is 5.56 Å². The molecule has 1 fully saturated rings. The van der Waals surface area contributed by atoms with Crippen LogP contribution in [0.15, 0.2) is 48.5 Å². The highest BCUT2D eigenvalue weighted by Crippen LogP contribution is 2.33. The van der Waals surface area contributed by atoms with Gasteiger partial charge < -0.3 is 15.4 Å². The number of hydrogen-bond acceptors (Lipinski definition) is 3. The van der Waals surface area contributed by atoms with Crippen molar-refractivity contribution in [3.05, 3.63) is 65.2 Å². The molecular weight excluding hydrogens is 300 g/mol. The van der Waals surface area contributed by atoms with Crippen LogP contribution in [0.3, 0.4) is 0 Å². The van der Waals surface area contributed by atoms with E-state index in [0.29, 0.717) is 37.0 Å². The molecule has 2 aromatic rings. The molecule has 2 aromatic carbocycles. The van der Waals surface area contributed by atoms with Crippen molar-refractivity contribution in [2.75, 3.05) is 26.7 Å². The topological polar surface area (TPSA) is 55.6 Å². The Morgan fingerprint density at radius 3 is 2.62 bits per heavy atom. The Hall–Kier alpha value is -2.33. The Morgan fingerprint density at radius 1 is 1.21 bits per heavy atom. The highest BCUT2D eigenvalue weighted by Gasteiger charge is 2.35. The molecule has 1 aliphatic rings. The molecule has 1 amide bonds. The SMILES string of the molecule is COc1cc(C(=O)N2C[C@@H](CN)[C@H](c3ccccc3)C2)ccc1C. The first kappa shape index (κ1) is 16.5. The van der Waals surface area contributed by atoms with Gasteiger partial charge in [-0.2, -0.15) is 0 Å². The minimum atomic E-state index is 0.0465. The van der Waals surface area contributed by atoms with Crippen LogP contribution in [0.4, 0.5) is 0 Å². The van der Waals surface area contributed by atoms with Gasteiger partial charge >= 0.3 is 0 Å². The molecule has 1 saturated heterocycles. The maximum Gasteiger partial charge on any atom is 0.254 e. The first-order valence-electron chi connectivity index (χ1n) is 8.33. The number of aryl methyl sites for hydroxylation is 1. The van der Waals surface area contributed by atoms with E-state index in [9.17, 15) is 4.79 Å². The van der Waals surface area contributed by atoms with Crippen molar-refractivity contribution in [1.29, 1.82) is 0 Å². The van der Waals surface area contributed by atoms with Crippen LogP contribution in [-0.2, 0) is 0 Å². The second kappa shape index (κ2) is 7.05. The van der Waals surface area contributed by atoms with Crippen LogP contribution in [0.1, 0.15) is 27.4 Å². The molecule has 0 bridgehead atoms. The number of carbonyl (C=O) groups excluding carboxylic acids is 1. The zero-order valence-corrected chi connectivity index (χ0v) is 14.2. The van der Waals surface area contributed by atoms with Crippen LogP contribution in [0.5, 0.6) is 5.75 Å². The fourth-order valence-corrected chi connectivity index (χ4v) is 3.49. The van der Waals surface area contributed by atoms with Crippen LogP contribution < -0.4 is 10.5 Å². The lowest BCUT2D eigenvalue weighted by Gasteiger charge is -2.17. The Morgan fingerprint density at radius 2 is 1.96 bits per heavy atom. The molecule has 4 heteroatoms. The standard InChI is InChI=1S/C20H24N2O2/c1-14-8-9-16(10-19(14)24-2)20(23)22-12-17(11-21)18(13-22)15-6-4-3-5-7-15/h3-10,17-18H,11-13,21H2,1-2H3/t17-,18+/m1/s1. The number of ether oxygens (including phenoxy) is 1. The lowest BCUT2D eigenvalue weighted by Crippen LogP contribution is -2.29. The molecule has 0 unspecified atom stereocenters. The average molecular weight is 324 g/mol. The van der Waals surface area contributed by atoms with E-state index < -0.39 is 0 Å². The smallest absolute Gasteiger partial charge is 0.254 e. The largest absolute Gasteiger partial charge is 0.496 e. The summed E-state index contributed by atoms with van der Waals surface area (Å²) in [6.45, 7) is 3.96. The summed E-state index contributed by atoms with van der Waals surface area (Å²) in [6, 6.07) is 16.0. The summed E-state index contributed by atoms with van der Waals surface area (Å²) in [7, 11) is 1.63. The molecule has 0 aromatic heterocycles. The van der Waals surface area contributed by atoms with Gasteiger partial charge in [-0.05, 0) is 42.6 Å². The quantitative estimate of drug-likeness (QED) is 0.941. The van der Waals surface area contributed by atoms with Crippen LogP contribution in [-0.4, -0.2) is 37.6 Å². The molecule has 0 saturated carbocycles. The first-order chi connectivity index (χ1) is 11.6. The van der Waals surface area contributed by atoms with Crippen LogP contribution in [0.2, 0.25) is 0 Å². The molecule has 0 radical (unpaired) electrons. The predicted molar refractivity (Wildman–Crippen MR) is 95.4 cm³/mol. The van der Waals surface area contributed by atoms with Crippen molar-refractivity contribution >= 4 is 5.91 Å². The van der Waals surface area contributed by atoms with Crippen molar-refractivity contribution in [3.63, 3.8) is 0 Å². The summed E-state index contributed by atoms with van der Waals surface area (Å²) >= 11 is 0. The van der Waals surface area contributed by atoms with E-state index in [-0.39, 0.29) is 5.91 Å². The number of hydrogen-bond donors (Lipinski definition) is 1. The molecule has 2 N–H and O–H groups in total. The van der Waals surface area contributed by atoms with Gasteiger partial charge in [-0.1, -0.05) is 36.4 Å². The minimum absolute atomic E-state index is 0.0465. The highest BCUT2D eigenvalue weighted by molar-refractivity contribution is 5.95. The lowest BCUT2D eigenvalue weighted by atomic mass is 9.89. The maximum absolute atomic E-state index is 12.9. The van der Waals surface area contributed by atoms with Gasteiger partial charge in [0.1, 0.15) is 5.75 Å². The molecule has 24 heavy (non-hydrogen) atoms. The second-order valence-electron chi connectivity index (χ2n) is 6.41. The van der Waals surface area contributed by atoms with E-state index >= 15 is 0 Å². The number of amides is 1. The summed E-state index contributed by atoms with van der Waals surface area (Å²) in [5.41, 5.74) is 8.92. The van der Waals surface area contributed by atoms with Crippen molar-refractivity contribution in [1.82, 2.24) is 4.90 Å². The van der Waals surface area contributed by atoms with Crippen molar-refractivity contribution in [2.24, 2.45) is 11.7 Å². The fraction of sp³-hybridized carbons (Fsp3) is 0.350. The fourth-order valence-electron chi connectivity index (χ4n) is 3.49. The Balaban J connectivity index is 1.81. The van der Waals surface area contributed by atoms with Crippen LogP contribution >= 0.6 is 0 Å². The number of nitrogens with zero attached hydrogens (tertiary/aromatic N) is 1. The minimum Gasteiger partial charge on any atom is -0.496 e. The zero-order chi connectivity index (χ0) is 17.1. The van der Waals surface area contributed by atoms with E-state index in [2.05, 4.69) is 12.1 Å². The van der Waals surface area contributed by atoms with Crippen molar-refractivity contribution in [3.8, 4) is 5.75 Å². The first-order valence-corrected chi connectivity index (χ1v) is 8.33. The molecule has 0 spiro atoms. The highest BCUT2D eigenvalue weighted by atomic mass is 16.5. The third kappa shape index (κ3) is 3.15. The lowest BCUT2D eigenvalue weighted by molar-refractivity contribution is 0.0786. The Kier molecular flexibility index (Phi) is 4.86. The Labute approximate surface area is 143 Å². The number of likely N-dealkylation sites (tertiary alicyclic amines) is 1. The molecule has 2 atom stereocenters. The van der Waals surface area contributed by atoms with Gasteiger partial charge in [0.2, 0.25) is 0 Å². The molecule has 0 aliphatic carbocycles. The summed E-state index contributed by atoms with van der Waals surface area (Å²) in [5, 5.41) is 0. The molecule has 3 rings (SSSR count). The average Bonchev–Trinajstić information content (AvgIpc) is 3.06.